The number of thioether (sulfide) groups is 1. The summed E-state index contributed by atoms with van der Waals surface area (Å²) in [7, 11) is 0. The standard InChI is InChI=1S/C24H26N2O3S/c1-2-29-19-14-12-18(13-15-19)26-23(27)21(25-16-8-3-4-9-17-25)22(24(26)28)30-20-10-6-5-7-11-20/h5-7,10-15H,2-4,8-9,16-17H2,1H3. The van der Waals surface area contributed by atoms with E-state index in [1.165, 1.54) is 16.7 Å². The summed E-state index contributed by atoms with van der Waals surface area (Å²) in [6, 6.07) is 16.9. The van der Waals surface area contributed by atoms with Crippen LogP contribution in [0.25, 0.3) is 0 Å². The van der Waals surface area contributed by atoms with E-state index in [0.29, 0.717) is 22.9 Å². The van der Waals surface area contributed by atoms with Gasteiger partial charge in [0.05, 0.1) is 12.3 Å². The monoisotopic (exact) mass is 422 g/mol. The fourth-order valence-corrected chi connectivity index (χ4v) is 4.88. The van der Waals surface area contributed by atoms with Crippen LogP contribution < -0.4 is 9.64 Å². The van der Waals surface area contributed by atoms with Gasteiger partial charge in [-0.05, 0) is 56.2 Å². The number of likely N-dealkylation sites (tertiary alicyclic amines) is 1. The van der Waals surface area contributed by atoms with Crippen LogP contribution in [0.15, 0.2) is 70.1 Å². The lowest BCUT2D eigenvalue weighted by molar-refractivity contribution is -0.121. The van der Waals surface area contributed by atoms with E-state index in [2.05, 4.69) is 4.90 Å². The van der Waals surface area contributed by atoms with Gasteiger partial charge in [-0.2, -0.15) is 0 Å². The molecule has 5 nitrogen and oxygen atoms in total. The minimum Gasteiger partial charge on any atom is -0.494 e. The van der Waals surface area contributed by atoms with Gasteiger partial charge < -0.3 is 9.64 Å². The molecule has 2 aromatic carbocycles. The van der Waals surface area contributed by atoms with Gasteiger partial charge in [-0.3, -0.25) is 9.59 Å². The summed E-state index contributed by atoms with van der Waals surface area (Å²) in [5, 5.41) is 0. The van der Waals surface area contributed by atoms with Crippen molar-refractivity contribution in [3.8, 4) is 5.75 Å². The molecule has 0 spiro atoms. The Kier molecular flexibility index (Phi) is 6.43. The van der Waals surface area contributed by atoms with Crippen LogP contribution in [-0.2, 0) is 9.59 Å². The molecule has 0 saturated carbocycles. The van der Waals surface area contributed by atoms with Crippen LogP contribution in [0, 0.1) is 0 Å². The van der Waals surface area contributed by atoms with Crippen molar-refractivity contribution in [3.05, 3.63) is 65.2 Å². The van der Waals surface area contributed by atoms with Crippen molar-refractivity contribution in [1.82, 2.24) is 4.90 Å². The molecule has 2 heterocycles. The Morgan fingerprint density at radius 2 is 1.53 bits per heavy atom. The second kappa shape index (κ2) is 9.39. The van der Waals surface area contributed by atoms with E-state index in [-0.39, 0.29) is 11.8 Å². The summed E-state index contributed by atoms with van der Waals surface area (Å²) in [4.78, 5) is 31.8. The summed E-state index contributed by atoms with van der Waals surface area (Å²) < 4.78 is 5.50. The van der Waals surface area contributed by atoms with Crippen LogP contribution in [0.5, 0.6) is 5.75 Å². The van der Waals surface area contributed by atoms with Gasteiger partial charge in [-0.25, -0.2) is 4.90 Å². The molecular formula is C24H26N2O3S. The number of hydrogen-bond donors (Lipinski definition) is 0. The highest BCUT2D eigenvalue weighted by atomic mass is 32.2. The van der Waals surface area contributed by atoms with Crippen molar-refractivity contribution in [2.45, 2.75) is 37.5 Å². The maximum Gasteiger partial charge on any atom is 0.283 e. The third-order valence-electron chi connectivity index (χ3n) is 5.31. The number of nitrogens with zero attached hydrogens (tertiary/aromatic N) is 2. The van der Waals surface area contributed by atoms with Crippen LogP contribution in [0.1, 0.15) is 32.6 Å². The molecule has 2 aliphatic rings. The van der Waals surface area contributed by atoms with E-state index in [1.807, 2.05) is 37.3 Å². The Balaban J connectivity index is 1.69. The van der Waals surface area contributed by atoms with E-state index in [0.717, 1.165) is 49.4 Å². The molecule has 0 aromatic heterocycles. The number of rotatable bonds is 6. The minimum atomic E-state index is -0.253. The zero-order valence-corrected chi connectivity index (χ0v) is 18.0. The van der Waals surface area contributed by atoms with Crippen LogP contribution in [0.4, 0.5) is 5.69 Å². The maximum absolute atomic E-state index is 13.5. The zero-order valence-electron chi connectivity index (χ0n) is 17.2. The van der Waals surface area contributed by atoms with Crippen LogP contribution in [0.3, 0.4) is 0 Å². The van der Waals surface area contributed by atoms with E-state index < -0.39 is 0 Å². The van der Waals surface area contributed by atoms with Gasteiger partial charge in [-0.1, -0.05) is 42.8 Å². The molecule has 0 atom stereocenters. The van der Waals surface area contributed by atoms with Gasteiger partial charge in [0, 0.05) is 18.0 Å². The van der Waals surface area contributed by atoms with Crippen molar-refractivity contribution in [3.63, 3.8) is 0 Å². The van der Waals surface area contributed by atoms with E-state index >= 15 is 0 Å². The number of carbonyl (C=O) groups excluding carboxylic acids is 2. The maximum atomic E-state index is 13.5. The van der Waals surface area contributed by atoms with Crippen molar-refractivity contribution >= 4 is 29.3 Å². The first-order chi connectivity index (χ1) is 14.7. The quantitative estimate of drug-likeness (QED) is 0.624. The van der Waals surface area contributed by atoms with Crippen molar-refractivity contribution in [2.75, 3.05) is 24.6 Å². The lowest BCUT2D eigenvalue weighted by atomic mass is 10.2. The molecule has 0 unspecified atom stereocenters. The summed E-state index contributed by atoms with van der Waals surface area (Å²) in [5.74, 6) is 0.238. The molecular weight excluding hydrogens is 396 g/mol. The van der Waals surface area contributed by atoms with E-state index in [1.54, 1.807) is 24.3 Å². The Bertz CT molecular complexity index is 933. The molecule has 2 amide bonds. The van der Waals surface area contributed by atoms with Crippen molar-refractivity contribution < 1.29 is 14.3 Å². The molecule has 1 fully saturated rings. The molecule has 0 aliphatic carbocycles. The van der Waals surface area contributed by atoms with Crippen molar-refractivity contribution in [1.29, 1.82) is 0 Å². The van der Waals surface area contributed by atoms with Gasteiger partial charge in [0.1, 0.15) is 16.4 Å². The van der Waals surface area contributed by atoms with Crippen LogP contribution >= 0.6 is 11.8 Å². The first-order valence-electron chi connectivity index (χ1n) is 10.5. The number of imide groups is 1. The van der Waals surface area contributed by atoms with Gasteiger partial charge in [0.2, 0.25) is 0 Å². The molecule has 0 bridgehead atoms. The van der Waals surface area contributed by atoms with E-state index in [9.17, 15) is 9.59 Å². The minimum absolute atomic E-state index is 0.232. The lowest BCUT2D eigenvalue weighted by Gasteiger charge is -2.24. The normalized spacial score (nSPS) is 17.5. The zero-order chi connectivity index (χ0) is 20.9. The summed E-state index contributed by atoms with van der Waals surface area (Å²) in [6.07, 6.45) is 4.40. The third kappa shape index (κ3) is 4.24. The average molecular weight is 423 g/mol. The van der Waals surface area contributed by atoms with E-state index in [4.69, 9.17) is 4.74 Å². The molecule has 1 saturated heterocycles. The number of benzene rings is 2. The number of ether oxygens (including phenoxy) is 1. The highest BCUT2D eigenvalue weighted by Crippen LogP contribution is 2.39. The summed E-state index contributed by atoms with van der Waals surface area (Å²) >= 11 is 1.38. The molecule has 4 rings (SSSR count). The number of carbonyl (C=O) groups is 2. The number of anilines is 1. The fourth-order valence-electron chi connectivity index (χ4n) is 3.86. The summed E-state index contributed by atoms with van der Waals surface area (Å²) in [5.41, 5.74) is 1.12. The topological polar surface area (TPSA) is 49.9 Å². The van der Waals surface area contributed by atoms with Gasteiger partial charge in [0.15, 0.2) is 0 Å². The lowest BCUT2D eigenvalue weighted by Crippen LogP contribution is -2.35. The Morgan fingerprint density at radius 3 is 2.17 bits per heavy atom. The Hall–Kier alpha value is -2.73. The first-order valence-corrected chi connectivity index (χ1v) is 11.3. The van der Waals surface area contributed by atoms with Gasteiger partial charge in [-0.15, -0.1) is 0 Å². The molecule has 156 valence electrons. The largest absolute Gasteiger partial charge is 0.494 e. The van der Waals surface area contributed by atoms with Gasteiger partial charge >= 0.3 is 0 Å². The van der Waals surface area contributed by atoms with Crippen LogP contribution in [-0.4, -0.2) is 36.4 Å². The fraction of sp³-hybridized carbons (Fsp3) is 0.333. The third-order valence-corrected chi connectivity index (χ3v) is 6.39. The second-order valence-electron chi connectivity index (χ2n) is 7.37. The molecule has 2 aromatic rings. The molecule has 2 aliphatic heterocycles. The van der Waals surface area contributed by atoms with Gasteiger partial charge in [0.25, 0.3) is 11.8 Å². The SMILES string of the molecule is CCOc1ccc(N2C(=O)C(Sc3ccccc3)=C(N3CCCCCC3)C2=O)cc1. The smallest absolute Gasteiger partial charge is 0.283 e. The average Bonchev–Trinajstić information content (AvgIpc) is 2.94. The second-order valence-corrected chi connectivity index (χ2v) is 8.45. The summed E-state index contributed by atoms with van der Waals surface area (Å²) in [6.45, 7) is 4.11. The van der Waals surface area contributed by atoms with Crippen molar-refractivity contribution in [2.24, 2.45) is 0 Å². The van der Waals surface area contributed by atoms with Crippen LogP contribution in [0.2, 0.25) is 0 Å². The predicted octanol–water partition coefficient (Wildman–Crippen LogP) is 4.84. The number of hydrogen-bond acceptors (Lipinski definition) is 5. The molecule has 6 heteroatoms. The molecule has 0 radical (unpaired) electrons. The predicted molar refractivity (Wildman–Crippen MR) is 119 cm³/mol. The molecule has 30 heavy (non-hydrogen) atoms. The number of amides is 2. The molecule has 0 N–H and O–H groups in total. The highest BCUT2D eigenvalue weighted by molar-refractivity contribution is 8.04. The first kappa shape index (κ1) is 20.5. The highest BCUT2D eigenvalue weighted by Gasteiger charge is 2.42. The Morgan fingerprint density at radius 1 is 0.867 bits per heavy atom. The Labute approximate surface area is 181 Å².